The van der Waals surface area contributed by atoms with Crippen LogP contribution >= 0.6 is 0 Å². The fourth-order valence-corrected chi connectivity index (χ4v) is 1.19. The van der Waals surface area contributed by atoms with Crippen molar-refractivity contribution in [3.63, 3.8) is 0 Å². The van der Waals surface area contributed by atoms with Crippen LogP contribution in [0.15, 0.2) is 18.2 Å². The van der Waals surface area contributed by atoms with Crippen LogP contribution in [0, 0.1) is 5.82 Å². The highest BCUT2D eigenvalue weighted by Gasteiger charge is 2.02. The number of methoxy groups -OCH3 is 1. The average molecular weight is 228 g/mol. The molecule has 0 saturated carbocycles. The summed E-state index contributed by atoms with van der Waals surface area (Å²) in [5, 5.41) is 3.00. The van der Waals surface area contributed by atoms with Gasteiger partial charge in [0.15, 0.2) is 0 Å². The van der Waals surface area contributed by atoms with Crippen LogP contribution in [0.1, 0.15) is 0 Å². The van der Waals surface area contributed by atoms with Crippen molar-refractivity contribution in [1.82, 2.24) is 0 Å². The van der Waals surface area contributed by atoms with Gasteiger partial charge in [-0.3, -0.25) is 0 Å². The number of hydrogen-bond donors (Lipinski definition) is 2. The molecule has 1 aromatic rings. The Labute approximate surface area is 94.5 Å². The number of rotatable bonds is 7. The number of nitrogens with two attached hydrogens (primary N) is 1. The van der Waals surface area contributed by atoms with Gasteiger partial charge in [-0.25, -0.2) is 4.39 Å². The molecule has 0 heterocycles. The molecular weight excluding hydrogens is 211 g/mol. The third kappa shape index (κ3) is 4.04. The highest BCUT2D eigenvalue weighted by molar-refractivity contribution is 5.66. The van der Waals surface area contributed by atoms with Crippen molar-refractivity contribution in [2.45, 2.75) is 0 Å². The second kappa shape index (κ2) is 7.03. The SMILES string of the molecule is COCCOCCNc1cccc(F)c1N. The van der Waals surface area contributed by atoms with Crippen LogP contribution < -0.4 is 11.1 Å². The predicted molar refractivity (Wildman–Crippen MR) is 62.0 cm³/mol. The van der Waals surface area contributed by atoms with Gasteiger partial charge >= 0.3 is 0 Å². The molecule has 0 radical (unpaired) electrons. The van der Waals surface area contributed by atoms with Gasteiger partial charge in [0.1, 0.15) is 5.82 Å². The Kier molecular flexibility index (Phi) is 5.60. The summed E-state index contributed by atoms with van der Waals surface area (Å²) in [5.74, 6) is -0.412. The molecule has 4 nitrogen and oxygen atoms in total. The molecule has 16 heavy (non-hydrogen) atoms. The maximum atomic E-state index is 13.0. The van der Waals surface area contributed by atoms with E-state index in [0.717, 1.165) is 0 Å². The van der Waals surface area contributed by atoms with Crippen LogP contribution in [0.4, 0.5) is 15.8 Å². The molecule has 0 aliphatic carbocycles. The second-order valence-corrected chi connectivity index (χ2v) is 3.23. The van der Waals surface area contributed by atoms with Crippen LogP contribution in [-0.4, -0.2) is 33.5 Å². The summed E-state index contributed by atoms with van der Waals surface area (Å²) < 4.78 is 23.1. The van der Waals surface area contributed by atoms with Crippen molar-refractivity contribution in [3.8, 4) is 0 Å². The molecule has 5 heteroatoms. The summed E-state index contributed by atoms with van der Waals surface area (Å²) in [6, 6.07) is 4.67. The van der Waals surface area contributed by atoms with Crippen molar-refractivity contribution in [2.75, 3.05) is 44.5 Å². The van der Waals surface area contributed by atoms with E-state index in [4.69, 9.17) is 15.2 Å². The second-order valence-electron chi connectivity index (χ2n) is 3.23. The fourth-order valence-electron chi connectivity index (χ4n) is 1.19. The Hall–Kier alpha value is -1.33. The van der Waals surface area contributed by atoms with E-state index in [1.165, 1.54) is 6.07 Å². The lowest BCUT2D eigenvalue weighted by Gasteiger charge is -2.09. The predicted octanol–water partition coefficient (Wildman–Crippen LogP) is 1.48. The molecular formula is C11H17FN2O2. The van der Waals surface area contributed by atoms with Gasteiger partial charge in [0.05, 0.1) is 31.2 Å². The number of nitrogen functional groups attached to an aromatic ring is 1. The summed E-state index contributed by atoms with van der Waals surface area (Å²) >= 11 is 0. The zero-order chi connectivity index (χ0) is 11.8. The van der Waals surface area contributed by atoms with E-state index < -0.39 is 5.82 Å². The van der Waals surface area contributed by atoms with Gasteiger partial charge in [-0.1, -0.05) is 6.07 Å². The first-order chi connectivity index (χ1) is 7.75. The minimum atomic E-state index is -0.412. The molecule has 3 N–H and O–H groups in total. The molecule has 0 aromatic heterocycles. The Bertz CT molecular complexity index is 321. The molecule has 0 bridgehead atoms. The van der Waals surface area contributed by atoms with E-state index in [9.17, 15) is 4.39 Å². The Morgan fingerprint density at radius 2 is 2.12 bits per heavy atom. The Balaban J connectivity index is 2.24. The van der Waals surface area contributed by atoms with Gasteiger partial charge in [0.25, 0.3) is 0 Å². The van der Waals surface area contributed by atoms with Gasteiger partial charge in [-0.05, 0) is 12.1 Å². The van der Waals surface area contributed by atoms with Crippen molar-refractivity contribution >= 4 is 11.4 Å². The smallest absolute Gasteiger partial charge is 0.148 e. The van der Waals surface area contributed by atoms with Crippen LogP contribution in [0.3, 0.4) is 0 Å². The van der Waals surface area contributed by atoms with Gasteiger partial charge in [-0.15, -0.1) is 0 Å². The summed E-state index contributed by atoms with van der Waals surface area (Å²) in [7, 11) is 1.62. The van der Waals surface area contributed by atoms with E-state index in [2.05, 4.69) is 5.32 Å². The minimum Gasteiger partial charge on any atom is -0.395 e. The van der Waals surface area contributed by atoms with Crippen LogP contribution in [-0.2, 0) is 9.47 Å². The fraction of sp³-hybridized carbons (Fsp3) is 0.455. The van der Waals surface area contributed by atoms with E-state index in [0.29, 0.717) is 32.1 Å². The third-order valence-corrected chi connectivity index (χ3v) is 2.05. The molecule has 90 valence electrons. The van der Waals surface area contributed by atoms with E-state index in [1.54, 1.807) is 19.2 Å². The molecule has 0 spiro atoms. The van der Waals surface area contributed by atoms with Crippen molar-refractivity contribution < 1.29 is 13.9 Å². The van der Waals surface area contributed by atoms with E-state index in [1.807, 2.05) is 0 Å². The monoisotopic (exact) mass is 228 g/mol. The lowest BCUT2D eigenvalue weighted by molar-refractivity contribution is 0.0759. The molecule has 0 atom stereocenters. The lowest BCUT2D eigenvalue weighted by Crippen LogP contribution is -2.13. The average Bonchev–Trinajstić information content (AvgIpc) is 2.29. The largest absolute Gasteiger partial charge is 0.395 e. The summed E-state index contributed by atoms with van der Waals surface area (Å²) in [6.45, 7) is 2.23. The van der Waals surface area contributed by atoms with Crippen LogP contribution in [0.25, 0.3) is 0 Å². The van der Waals surface area contributed by atoms with E-state index >= 15 is 0 Å². The van der Waals surface area contributed by atoms with Gasteiger partial charge in [0, 0.05) is 13.7 Å². The summed E-state index contributed by atoms with van der Waals surface area (Å²) in [5.41, 5.74) is 6.28. The third-order valence-electron chi connectivity index (χ3n) is 2.05. The van der Waals surface area contributed by atoms with Gasteiger partial charge in [0.2, 0.25) is 0 Å². The number of anilines is 2. The zero-order valence-electron chi connectivity index (χ0n) is 9.33. The summed E-state index contributed by atoms with van der Waals surface area (Å²) in [6.07, 6.45) is 0. The highest BCUT2D eigenvalue weighted by Crippen LogP contribution is 2.20. The Morgan fingerprint density at radius 3 is 2.88 bits per heavy atom. The maximum Gasteiger partial charge on any atom is 0.148 e. The van der Waals surface area contributed by atoms with Crippen molar-refractivity contribution in [2.24, 2.45) is 0 Å². The first-order valence-electron chi connectivity index (χ1n) is 5.10. The van der Waals surface area contributed by atoms with Crippen molar-refractivity contribution in [1.29, 1.82) is 0 Å². The van der Waals surface area contributed by atoms with Crippen LogP contribution in [0.2, 0.25) is 0 Å². The standard InChI is InChI=1S/C11H17FN2O2/c1-15-7-8-16-6-5-14-10-4-2-3-9(12)11(10)13/h2-4,14H,5-8,13H2,1H3. The first-order valence-corrected chi connectivity index (χ1v) is 5.10. The summed E-state index contributed by atoms with van der Waals surface area (Å²) in [4.78, 5) is 0. The Morgan fingerprint density at radius 1 is 1.31 bits per heavy atom. The highest BCUT2D eigenvalue weighted by atomic mass is 19.1. The van der Waals surface area contributed by atoms with Crippen molar-refractivity contribution in [3.05, 3.63) is 24.0 Å². The quantitative estimate of drug-likeness (QED) is 0.548. The number of halogens is 1. The van der Waals surface area contributed by atoms with Gasteiger partial charge in [-0.2, -0.15) is 0 Å². The normalized spacial score (nSPS) is 10.4. The number of benzene rings is 1. The molecule has 0 fully saturated rings. The minimum absolute atomic E-state index is 0.138. The molecule has 1 rings (SSSR count). The molecule has 0 amide bonds. The van der Waals surface area contributed by atoms with Gasteiger partial charge < -0.3 is 20.5 Å². The first kappa shape index (κ1) is 12.7. The zero-order valence-corrected chi connectivity index (χ0v) is 9.33. The van der Waals surface area contributed by atoms with E-state index in [-0.39, 0.29) is 5.69 Å². The molecule has 0 aliphatic heterocycles. The van der Waals surface area contributed by atoms with Crippen LogP contribution in [0.5, 0.6) is 0 Å². The molecule has 1 aromatic carbocycles. The topological polar surface area (TPSA) is 56.5 Å². The molecule has 0 aliphatic rings. The number of nitrogens with one attached hydrogen (secondary N) is 1. The number of ether oxygens (including phenoxy) is 2. The molecule has 0 unspecified atom stereocenters. The molecule has 0 saturated heterocycles. The number of hydrogen-bond acceptors (Lipinski definition) is 4. The lowest BCUT2D eigenvalue weighted by atomic mass is 10.2. The number of para-hydroxylation sites is 1. The maximum absolute atomic E-state index is 13.0.